The van der Waals surface area contributed by atoms with Gasteiger partial charge in [-0.05, 0) is 55.6 Å². The van der Waals surface area contributed by atoms with Crippen molar-refractivity contribution in [3.05, 3.63) is 0 Å². The zero-order valence-electron chi connectivity index (χ0n) is 21.9. The molecule has 2 saturated carbocycles. The van der Waals surface area contributed by atoms with Crippen LogP contribution in [0.3, 0.4) is 0 Å². The minimum Gasteiger partial charge on any atom is -0.369 e. The zero-order valence-corrected chi connectivity index (χ0v) is 22.7. The lowest BCUT2D eigenvalue weighted by Crippen LogP contribution is -2.31. The van der Waals surface area contributed by atoms with E-state index in [-0.39, 0.29) is 30.6 Å². The molecule has 3 nitrogen and oxygen atoms in total. The Morgan fingerprint density at radius 1 is 0.871 bits per heavy atom. The lowest BCUT2D eigenvalue weighted by atomic mass is 9.75. The molecule has 2 fully saturated rings. The van der Waals surface area contributed by atoms with Crippen LogP contribution in [0.4, 0.5) is 0 Å². The van der Waals surface area contributed by atoms with Gasteiger partial charge >= 0.3 is 0 Å². The number of carbonyl (C=O) groups excluding carboxylic acids is 2. The molecule has 2 aliphatic carbocycles. The third kappa shape index (κ3) is 11.3. The van der Waals surface area contributed by atoms with Gasteiger partial charge in [0.15, 0.2) is 0 Å². The van der Waals surface area contributed by atoms with E-state index < -0.39 is 0 Å². The van der Waals surface area contributed by atoms with Crippen molar-refractivity contribution in [3.63, 3.8) is 0 Å². The van der Waals surface area contributed by atoms with Crippen LogP contribution in [0.1, 0.15) is 122 Å². The fourth-order valence-corrected chi connectivity index (χ4v) is 5.54. The van der Waals surface area contributed by atoms with Gasteiger partial charge < -0.3 is 5.73 Å². The molecule has 0 aromatic heterocycles. The highest BCUT2D eigenvalue weighted by Gasteiger charge is 2.56. The third-order valence-electron chi connectivity index (χ3n) is 6.62. The molecule has 0 saturated heterocycles. The second-order valence-corrected chi connectivity index (χ2v) is 10.3. The number of primary amides is 1. The fourth-order valence-electron chi connectivity index (χ4n) is 4.41. The first kappa shape index (κ1) is 35.1. The van der Waals surface area contributed by atoms with E-state index in [0.717, 1.165) is 17.9 Å². The van der Waals surface area contributed by atoms with E-state index in [9.17, 15) is 9.59 Å². The van der Waals surface area contributed by atoms with Crippen molar-refractivity contribution in [1.29, 1.82) is 0 Å². The second-order valence-electron chi connectivity index (χ2n) is 9.22. The van der Waals surface area contributed by atoms with Crippen LogP contribution >= 0.6 is 11.8 Å². The maximum atomic E-state index is 12.4. The molecular weight excluding hydrogens is 402 g/mol. The summed E-state index contributed by atoms with van der Waals surface area (Å²) in [5.74, 6) is 3.35. The number of hydrogen-bond donors (Lipinski definition) is 1. The number of fused-ring (bicyclic) bond motifs is 2. The smallest absolute Gasteiger partial charge is 0.221 e. The van der Waals surface area contributed by atoms with Crippen molar-refractivity contribution < 1.29 is 9.59 Å². The van der Waals surface area contributed by atoms with Crippen LogP contribution in [0.15, 0.2) is 0 Å². The Balaban J connectivity index is -0.000000439. The van der Waals surface area contributed by atoms with Gasteiger partial charge in [-0.1, -0.05) is 83.1 Å². The highest BCUT2D eigenvalue weighted by molar-refractivity contribution is 7.99. The largest absolute Gasteiger partial charge is 0.369 e. The van der Waals surface area contributed by atoms with Gasteiger partial charge in [0.25, 0.3) is 0 Å². The Bertz CT molecular complexity index is 468. The van der Waals surface area contributed by atoms with Gasteiger partial charge in [-0.3, -0.25) is 9.59 Å². The monoisotopic (exact) mass is 459 g/mol. The quantitative estimate of drug-likeness (QED) is 0.378. The number of carbonyl (C=O) groups is 2. The number of amides is 1. The van der Waals surface area contributed by atoms with Gasteiger partial charge in [-0.15, -0.1) is 0 Å². The summed E-state index contributed by atoms with van der Waals surface area (Å²) in [4.78, 5) is 23.0. The van der Waals surface area contributed by atoms with Gasteiger partial charge in [-0.25, -0.2) is 0 Å². The maximum Gasteiger partial charge on any atom is 0.221 e. The van der Waals surface area contributed by atoms with E-state index in [0.29, 0.717) is 17.1 Å². The topological polar surface area (TPSA) is 60.2 Å². The summed E-state index contributed by atoms with van der Waals surface area (Å²) in [5, 5.41) is 0. The summed E-state index contributed by atoms with van der Waals surface area (Å²) in [7, 11) is 0. The molecule has 2 bridgehead atoms. The summed E-state index contributed by atoms with van der Waals surface area (Å²) < 4.78 is 0. The van der Waals surface area contributed by atoms with Crippen molar-refractivity contribution in [2.24, 2.45) is 34.3 Å². The Hall–Kier alpha value is -0.510. The van der Waals surface area contributed by atoms with Crippen molar-refractivity contribution in [2.45, 2.75) is 122 Å². The van der Waals surface area contributed by atoms with E-state index in [2.05, 4.69) is 34.6 Å². The highest BCUT2D eigenvalue weighted by atomic mass is 32.2. The Labute approximate surface area is 200 Å². The molecule has 0 aromatic carbocycles. The molecule has 0 spiro atoms. The minimum absolute atomic E-state index is 0. The van der Waals surface area contributed by atoms with Crippen molar-refractivity contribution in [3.8, 4) is 0 Å². The summed E-state index contributed by atoms with van der Waals surface area (Å²) in [5.41, 5.74) is 5.78. The predicted octanol–water partition coefficient (Wildman–Crippen LogP) is 8.15. The van der Waals surface area contributed by atoms with Crippen LogP contribution in [-0.2, 0) is 9.59 Å². The Morgan fingerprint density at radius 2 is 1.35 bits per heavy atom. The van der Waals surface area contributed by atoms with E-state index in [1.807, 2.05) is 34.6 Å². The molecule has 0 aliphatic heterocycles. The normalized spacial score (nSPS) is 24.9. The zero-order chi connectivity index (χ0) is 24.0. The highest BCUT2D eigenvalue weighted by Crippen LogP contribution is 2.63. The van der Waals surface area contributed by atoms with Crippen LogP contribution in [0.5, 0.6) is 0 Å². The lowest BCUT2D eigenvalue weighted by molar-refractivity contribution is -0.132. The number of Topliss-reactive ketones (excluding diaryl/α,β-unsaturated/α-hetero) is 1. The minimum atomic E-state index is -0.193. The SMILES string of the molecule is C.CC.CC.CC(C)CSC[C@H](C)C(N)=O.CCC(C)C(=O)C12CCC(CC)(CC1)C2. The van der Waals surface area contributed by atoms with Gasteiger partial charge in [0.2, 0.25) is 5.91 Å². The fraction of sp³-hybridized carbons (Fsp3) is 0.926. The van der Waals surface area contributed by atoms with Crippen LogP contribution in [0.25, 0.3) is 0 Å². The van der Waals surface area contributed by atoms with Crippen molar-refractivity contribution in [2.75, 3.05) is 11.5 Å². The molecule has 0 heterocycles. The third-order valence-corrected chi connectivity index (χ3v) is 8.26. The Morgan fingerprint density at radius 3 is 1.68 bits per heavy atom. The van der Waals surface area contributed by atoms with Gasteiger partial charge in [0, 0.05) is 23.0 Å². The van der Waals surface area contributed by atoms with E-state index in [1.165, 1.54) is 38.5 Å². The molecule has 188 valence electrons. The average molecular weight is 460 g/mol. The standard InChI is InChI=1S/C14H24O.C8H17NOS.2C2H6.CH4/c1-4-11(3)12(15)14-8-6-13(5-2,10-14)7-9-14;1-6(2)4-11-5-7(3)8(9)10;2*1-2;/h11H,4-10H2,1-3H3;6-7H,4-5H2,1-3H3,(H2,9,10);2*1-2H3;1H4/t;7-;;;/m.0.../s1. The molecule has 31 heavy (non-hydrogen) atoms. The lowest BCUT2D eigenvalue weighted by Gasteiger charge is -2.28. The molecule has 2 N–H and O–H groups in total. The van der Waals surface area contributed by atoms with Crippen LogP contribution in [0.2, 0.25) is 0 Å². The molecule has 0 aromatic rings. The van der Waals surface area contributed by atoms with Crippen LogP contribution in [0, 0.1) is 28.6 Å². The first-order valence-electron chi connectivity index (χ1n) is 12.5. The summed E-state index contributed by atoms with van der Waals surface area (Å²) >= 11 is 1.80. The summed E-state index contributed by atoms with van der Waals surface area (Å²) in [6.45, 7) is 20.8. The molecule has 2 atom stereocenters. The van der Waals surface area contributed by atoms with Gasteiger partial charge in [0.05, 0.1) is 0 Å². The molecule has 1 amide bonds. The van der Waals surface area contributed by atoms with E-state index in [4.69, 9.17) is 5.73 Å². The summed E-state index contributed by atoms with van der Waals surface area (Å²) in [6, 6.07) is 0. The van der Waals surface area contributed by atoms with Crippen molar-refractivity contribution >= 4 is 23.5 Å². The van der Waals surface area contributed by atoms with E-state index in [1.54, 1.807) is 11.8 Å². The second kappa shape index (κ2) is 18.0. The number of nitrogens with two attached hydrogens (primary N) is 1. The van der Waals surface area contributed by atoms with Crippen LogP contribution in [-0.4, -0.2) is 23.2 Å². The van der Waals surface area contributed by atoms with Gasteiger partial charge in [-0.2, -0.15) is 11.8 Å². The molecule has 1 unspecified atom stereocenters. The number of ketones is 1. The molecule has 0 radical (unpaired) electrons. The predicted molar refractivity (Wildman–Crippen MR) is 143 cm³/mol. The molecule has 2 rings (SSSR count). The Kier molecular flexibility index (Phi) is 20.3. The number of rotatable bonds is 9. The number of hydrogen-bond acceptors (Lipinski definition) is 3. The average Bonchev–Trinajstić information content (AvgIpc) is 3.34. The molecule has 4 heteroatoms. The summed E-state index contributed by atoms with van der Waals surface area (Å²) in [6.07, 6.45) is 8.49. The maximum absolute atomic E-state index is 12.4. The van der Waals surface area contributed by atoms with Crippen molar-refractivity contribution in [1.82, 2.24) is 0 Å². The molecular formula is C27H57NO2S. The first-order chi connectivity index (χ1) is 14.1. The van der Waals surface area contributed by atoms with Crippen LogP contribution < -0.4 is 5.73 Å². The van der Waals surface area contributed by atoms with E-state index >= 15 is 0 Å². The first-order valence-corrected chi connectivity index (χ1v) is 13.7. The molecule has 2 aliphatic rings. The van der Waals surface area contributed by atoms with Gasteiger partial charge in [0.1, 0.15) is 5.78 Å². The number of thioether (sulfide) groups is 1.